The second kappa shape index (κ2) is 5.13. The van der Waals surface area contributed by atoms with E-state index in [1.54, 1.807) is 0 Å². The van der Waals surface area contributed by atoms with Crippen molar-refractivity contribution in [2.75, 3.05) is 11.4 Å². The van der Waals surface area contributed by atoms with Crippen LogP contribution in [0.15, 0.2) is 11.6 Å². The number of carboxylic acids is 1. The summed E-state index contributed by atoms with van der Waals surface area (Å²) in [5.41, 5.74) is 0. The van der Waals surface area contributed by atoms with Crippen LogP contribution in [0, 0.1) is 0 Å². The maximum Gasteiger partial charge on any atom is 0.471 e. The second-order valence-corrected chi connectivity index (χ2v) is 3.79. The molecular weight excluding hydrogens is 261 g/mol. The number of rotatable bonds is 4. The van der Waals surface area contributed by atoms with E-state index in [2.05, 4.69) is 4.98 Å². The highest BCUT2D eigenvalue weighted by atomic mass is 32.1. The predicted octanol–water partition coefficient (Wildman–Crippen LogP) is 1.51. The number of aliphatic carboxylic acids is 1. The lowest BCUT2D eigenvalue weighted by Crippen LogP contribution is -2.42. The number of carboxylic acid groups (broad SMARTS) is 1. The van der Waals surface area contributed by atoms with Gasteiger partial charge in [0.25, 0.3) is 0 Å². The zero-order valence-electron chi connectivity index (χ0n) is 8.27. The summed E-state index contributed by atoms with van der Waals surface area (Å²) in [6, 6.07) is 0. The van der Waals surface area contributed by atoms with Crippen LogP contribution < -0.4 is 4.90 Å². The molecule has 0 aliphatic rings. The molecule has 0 aromatic carbocycles. The van der Waals surface area contributed by atoms with Crippen LogP contribution in [0.4, 0.5) is 18.3 Å². The molecule has 1 rings (SSSR count). The Morgan fingerprint density at radius 1 is 1.47 bits per heavy atom. The molecule has 9 heteroatoms. The molecule has 0 aliphatic heterocycles. The number of carbonyl (C=O) groups is 2. The van der Waals surface area contributed by atoms with E-state index in [0.717, 1.165) is 11.3 Å². The van der Waals surface area contributed by atoms with Crippen molar-refractivity contribution in [3.63, 3.8) is 0 Å². The smallest absolute Gasteiger partial charge is 0.471 e. The van der Waals surface area contributed by atoms with Gasteiger partial charge in [0.2, 0.25) is 0 Å². The van der Waals surface area contributed by atoms with E-state index in [-0.39, 0.29) is 5.13 Å². The minimum absolute atomic E-state index is 0.173. The Hall–Kier alpha value is -1.64. The van der Waals surface area contributed by atoms with Gasteiger partial charge in [-0.3, -0.25) is 14.5 Å². The molecule has 1 aromatic rings. The number of hydrogen-bond acceptors (Lipinski definition) is 4. The van der Waals surface area contributed by atoms with E-state index >= 15 is 0 Å². The summed E-state index contributed by atoms with van der Waals surface area (Å²) in [6.45, 7) is -0.568. The van der Waals surface area contributed by atoms with Gasteiger partial charge in [0.05, 0.1) is 6.42 Å². The van der Waals surface area contributed by atoms with Crippen molar-refractivity contribution in [3.8, 4) is 0 Å². The first-order valence-corrected chi connectivity index (χ1v) is 5.20. The molecule has 1 amide bonds. The highest BCUT2D eigenvalue weighted by Crippen LogP contribution is 2.25. The molecule has 94 valence electrons. The quantitative estimate of drug-likeness (QED) is 0.898. The van der Waals surface area contributed by atoms with Gasteiger partial charge in [-0.15, -0.1) is 11.3 Å². The molecule has 0 saturated carbocycles. The molecule has 0 radical (unpaired) electrons. The van der Waals surface area contributed by atoms with Crippen LogP contribution >= 0.6 is 11.3 Å². The van der Waals surface area contributed by atoms with Gasteiger partial charge in [-0.05, 0) is 0 Å². The van der Waals surface area contributed by atoms with Gasteiger partial charge in [-0.2, -0.15) is 13.2 Å². The molecule has 5 nitrogen and oxygen atoms in total. The highest BCUT2D eigenvalue weighted by Gasteiger charge is 2.43. The number of anilines is 1. The van der Waals surface area contributed by atoms with E-state index in [4.69, 9.17) is 5.11 Å². The zero-order valence-corrected chi connectivity index (χ0v) is 9.09. The monoisotopic (exact) mass is 268 g/mol. The first-order valence-electron chi connectivity index (χ1n) is 4.32. The van der Waals surface area contributed by atoms with Crippen molar-refractivity contribution < 1.29 is 27.9 Å². The Bertz CT molecular complexity index is 405. The van der Waals surface area contributed by atoms with Gasteiger partial charge in [0.1, 0.15) is 0 Å². The van der Waals surface area contributed by atoms with Crippen molar-refractivity contribution >= 4 is 28.3 Å². The summed E-state index contributed by atoms with van der Waals surface area (Å²) in [5, 5.41) is 9.63. The van der Waals surface area contributed by atoms with E-state index in [1.807, 2.05) is 0 Å². The third-order valence-electron chi connectivity index (χ3n) is 1.69. The van der Waals surface area contributed by atoms with Gasteiger partial charge < -0.3 is 5.11 Å². The summed E-state index contributed by atoms with van der Waals surface area (Å²) in [4.78, 5) is 25.2. The average Bonchev–Trinajstić information content (AvgIpc) is 2.69. The normalized spacial score (nSPS) is 11.2. The van der Waals surface area contributed by atoms with Gasteiger partial charge in [-0.1, -0.05) is 0 Å². The Labute approximate surface area is 97.5 Å². The molecule has 0 aliphatic carbocycles. The van der Waals surface area contributed by atoms with Crippen molar-refractivity contribution in [2.24, 2.45) is 0 Å². The number of nitrogens with zero attached hydrogens (tertiary/aromatic N) is 2. The molecular formula is C8H7F3N2O3S. The number of thiazole rings is 1. The van der Waals surface area contributed by atoms with Crippen molar-refractivity contribution in [1.82, 2.24) is 4.98 Å². The molecule has 1 aromatic heterocycles. The van der Waals surface area contributed by atoms with Crippen LogP contribution in [0.3, 0.4) is 0 Å². The minimum Gasteiger partial charge on any atom is -0.481 e. The molecule has 1 N–H and O–H groups in total. The first kappa shape index (κ1) is 13.4. The number of halogens is 3. The fraction of sp³-hybridized carbons (Fsp3) is 0.375. The summed E-state index contributed by atoms with van der Waals surface area (Å²) in [6.07, 6.45) is -4.40. The van der Waals surface area contributed by atoms with Crippen LogP contribution in [-0.2, 0) is 9.59 Å². The average molecular weight is 268 g/mol. The molecule has 0 unspecified atom stereocenters. The topological polar surface area (TPSA) is 70.5 Å². The van der Waals surface area contributed by atoms with Crippen LogP contribution in [0.2, 0.25) is 0 Å². The molecule has 0 fully saturated rings. The van der Waals surface area contributed by atoms with Crippen molar-refractivity contribution in [3.05, 3.63) is 11.6 Å². The lowest BCUT2D eigenvalue weighted by Gasteiger charge is -2.19. The van der Waals surface area contributed by atoms with Gasteiger partial charge in [-0.25, -0.2) is 4.98 Å². The van der Waals surface area contributed by atoms with Crippen molar-refractivity contribution in [2.45, 2.75) is 12.6 Å². The Morgan fingerprint density at radius 3 is 2.53 bits per heavy atom. The molecule has 1 heterocycles. The number of amides is 1. The Morgan fingerprint density at radius 2 is 2.12 bits per heavy atom. The maximum atomic E-state index is 12.3. The zero-order chi connectivity index (χ0) is 13.1. The van der Waals surface area contributed by atoms with E-state index in [0.29, 0.717) is 4.90 Å². The summed E-state index contributed by atoms with van der Waals surface area (Å²) in [5.74, 6) is -3.41. The first-order chi connectivity index (χ1) is 7.82. The lowest BCUT2D eigenvalue weighted by atomic mass is 10.4. The number of aromatic nitrogens is 1. The highest BCUT2D eigenvalue weighted by molar-refractivity contribution is 7.13. The molecule has 17 heavy (non-hydrogen) atoms. The van der Waals surface area contributed by atoms with E-state index in [1.165, 1.54) is 11.6 Å². The molecule has 0 spiro atoms. The van der Waals surface area contributed by atoms with Crippen LogP contribution in [0.5, 0.6) is 0 Å². The third-order valence-corrected chi connectivity index (χ3v) is 2.48. The summed E-state index contributed by atoms with van der Waals surface area (Å²) in [7, 11) is 0. The SMILES string of the molecule is O=C(O)CCN(C(=O)C(F)(F)F)c1nccs1. The van der Waals surface area contributed by atoms with E-state index < -0.39 is 31.0 Å². The van der Waals surface area contributed by atoms with E-state index in [9.17, 15) is 22.8 Å². The largest absolute Gasteiger partial charge is 0.481 e. The van der Waals surface area contributed by atoms with Gasteiger partial charge in [0.15, 0.2) is 5.13 Å². The Kier molecular flexibility index (Phi) is 4.05. The predicted molar refractivity (Wildman–Crippen MR) is 52.8 cm³/mol. The lowest BCUT2D eigenvalue weighted by molar-refractivity contribution is -0.170. The molecule has 0 atom stereocenters. The van der Waals surface area contributed by atoms with Gasteiger partial charge >= 0.3 is 18.1 Å². The van der Waals surface area contributed by atoms with Crippen molar-refractivity contribution in [1.29, 1.82) is 0 Å². The number of carbonyl (C=O) groups excluding carboxylic acids is 1. The molecule has 0 saturated heterocycles. The summed E-state index contributed by atoms with van der Waals surface area (Å²) < 4.78 is 36.8. The molecule has 0 bridgehead atoms. The van der Waals surface area contributed by atoms with Crippen LogP contribution in [0.1, 0.15) is 6.42 Å². The minimum atomic E-state index is -5.05. The number of alkyl halides is 3. The standard InChI is InChI=1S/C8H7F3N2O3S/c9-8(10,11)6(16)13(3-1-5(14)15)7-12-2-4-17-7/h2,4H,1,3H2,(H,14,15). The van der Waals surface area contributed by atoms with Crippen LogP contribution in [-0.4, -0.2) is 34.7 Å². The summed E-state index contributed by atoms with van der Waals surface area (Å²) >= 11 is 0.828. The fourth-order valence-corrected chi connectivity index (χ4v) is 1.66. The van der Waals surface area contributed by atoms with Crippen LogP contribution in [0.25, 0.3) is 0 Å². The third kappa shape index (κ3) is 3.70. The Balaban J connectivity index is 2.87. The fourth-order valence-electron chi connectivity index (χ4n) is 0.994. The number of hydrogen-bond donors (Lipinski definition) is 1. The van der Waals surface area contributed by atoms with Gasteiger partial charge in [0, 0.05) is 18.1 Å². The maximum absolute atomic E-state index is 12.3. The second-order valence-electron chi connectivity index (χ2n) is 2.91.